The van der Waals surface area contributed by atoms with Crippen LogP contribution < -0.4 is 11.1 Å². The van der Waals surface area contributed by atoms with E-state index in [1.165, 1.54) is 25.3 Å². The highest BCUT2D eigenvalue weighted by molar-refractivity contribution is 5.99. The summed E-state index contributed by atoms with van der Waals surface area (Å²) in [5.41, 5.74) is 5.58. The number of aromatic nitrogens is 1. The van der Waals surface area contributed by atoms with Crippen LogP contribution in [0.15, 0.2) is 40.4 Å². The first kappa shape index (κ1) is 20.6. The average Bonchev–Trinajstić information content (AvgIpc) is 2.71. The van der Waals surface area contributed by atoms with Crippen LogP contribution in [0.2, 0.25) is 0 Å². The number of aliphatic imine (C=N–C) groups is 2. The number of nitrogens with zero attached hydrogens (tertiary/aromatic N) is 4. The molecule has 2 atom stereocenters. The molecule has 0 saturated heterocycles. The van der Waals surface area contributed by atoms with Crippen molar-refractivity contribution in [1.29, 1.82) is 5.26 Å². The molecular formula is C20H16F4N6O. The molecule has 4 rings (SSSR count). The maximum Gasteiger partial charge on any atom is 0.425 e. The molecule has 11 heteroatoms. The number of fused-ring (bicyclic) bond motifs is 1. The number of alkyl halides is 3. The molecule has 0 aliphatic carbocycles. The highest BCUT2D eigenvalue weighted by Gasteiger charge is 2.50. The van der Waals surface area contributed by atoms with E-state index in [9.17, 15) is 17.6 Å². The fourth-order valence-corrected chi connectivity index (χ4v) is 3.56. The van der Waals surface area contributed by atoms with Crippen molar-refractivity contribution < 1.29 is 22.3 Å². The van der Waals surface area contributed by atoms with E-state index in [0.717, 1.165) is 0 Å². The fraction of sp³-hybridized carbons (Fsp3) is 0.300. The third kappa shape index (κ3) is 3.88. The van der Waals surface area contributed by atoms with E-state index in [1.807, 2.05) is 6.07 Å². The lowest BCUT2D eigenvalue weighted by Gasteiger charge is -2.36. The second-order valence-electron chi connectivity index (χ2n) is 7.39. The summed E-state index contributed by atoms with van der Waals surface area (Å²) in [7, 11) is 0. The molecule has 0 fully saturated rings. The average molecular weight is 432 g/mol. The van der Waals surface area contributed by atoms with E-state index < -0.39 is 36.1 Å². The lowest BCUT2D eigenvalue weighted by molar-refractivity contribution is -0.208. The Balaban J connectivity index is 1.75. The number of nitrogens with one attached hydrogen (secondary N) is 1. The van der Waals surface area contributed by atoms with Gasteiger partial charge in [0.05, 0.1) is 16.8 Å². The van der Waals surface area contributed by atoms with Gasteiger partial charge in [-0.05, 0) is 36.8 Å². The number of halogens is 4. The molecule has 1 aromatic carbocycles. The molecule has 1 aromatic heterocycles. The second-order valence-corrected chi connectivity index (χ2v) is 7.39. The van der Waals surface area contributed by atoms with Crippen molar-refractivity contribution in [3.8, 4) is 6.07 Å². The SMILES string of the molecule is C[C@@]1(c2cc3c(cc2F)CNC(c2ccc(C#N)cn2)=N3)C[C@@H](C(F)(F)F)OC(N)=N1. The third-order valence-electron chi connectivity index (χ3n) is 5.13. The Morgan fingerprint density at radius 2 is 2.10 bits per heavy atom. The highest BCUT2D eigenvalue weighted by atomic mass is 19.4. The largest absolute Gasteiger partial charge is 0.452 e. The van der Waals surface area contributed by atoms with Crippen molar-refractivity contribution in [3.63, 3.8) is 0 Å². The Morgan fingerprint density at radius 1 is 1.32 bits per heavy atom. The normalized spacial score (nSPS) is 22.9. The van der Waals surface area contributed by atoms with Crippen LogP contribution in [-0.2, 0) is 16.8 Å². The zero-order valence-corrected chi connectivity index (χ0v) is 16.2. The lowest BCUT2D eigenvalue weighted by Crippen LogP contribution is -2.46. The summed E-state index contributed by atoms with van der Waals surface area (Å²) >= 11 is 0. The molecule has 0 unspecified atom stereocenters. The molecule has 3 heterocycles. The summed E-state index contributed by atoms with van der Waals surface area (Å²) in [5, 5.41) is 11.9. The first-order valence-electron chi connectivity index (χ1n) is 9.20. The first-order chi connectivity index (χ1) is 14.6. The van der Waals surface area contributed by atoms with Gasteiger partial charge in [0.1, 0.15) is 17.6 Å². The summed E-state index contributed by atoms with van der Waals surface area (Å²) < 4.78 is 59.3. The molecule has 0 saturated carbocycles. The van der Waals surface area contributed by atoms with Crippen LogP contribution >= 0.6 is 0 Å². The van der Waals surface area contributed by atoms with Crippen LogP contribution in [0.4, 0.5) is 23.2 Å². The molecule has 2 aromatic rings. The van der Waals surface area contributed by atoms with Gasteiger partial charge in [-0.2, -0.15) is 18.4 Å². The van der Waals surface area contributed by atoms with Gasteiger partial charge in [0.2, 0.25) is 0 Å². The van der Waals surface area contributed by atoms with Crippen LogP contribution in [0, 0.1) is 17.1 Å². The van der Waals surface area contributed by atoms with Gasteiger partial charge >= 0.3 is 6.18 Å². The first-order valence-corrected chi connectivity index (χ1v) is 9.20. The van der Waals surface area contributed by atoms with Gasteiger partial charge in [-0.3, -0.25) is 4.98 Å². The number of nitriles is 1. The Labute approximate surface area is 174 Å². The van der Waals surface area contributed by atoms with E-state index in [0.29, 0.717) is 28.3 Å². The van der Waals surface area contributed by atoms with Crippen LogP contribution in [0.1, 0.15) is 35.7 Å². The number of ether oxygens (including phenoxy) is 1. The second kappa shape index (κ2) is 7.23. The van der Waals surface area contributed by atoms with Crippen LogP contribution in [0.3, 0.4) is 0 Å². The predicted octanol–water partition coefficient (Wildman–Crippen LogP) is 3.15. The summed E-state index contributed by atoms with van der Waals surface area (Å²) in [6, 6.07) is 7.11. The Bertz CT molecular complexity index is 1140. The smallest absolute Gasteiger partial charge is 0.425 e. The quantitative estimate of drug-likeness (QED) is 0.709. The number of amidine groups is 2. The number of nitrogens with two attached hydrogens (primary N) is 1. The van der Waals surface area contributed by atoms with Gasteiger partial charge in [-0.15, -0.1) is 0 Å². The molecule has 2 aliphatic rings. The van der Waals surface area contributed by atoms with Crippen molar-refractivity contribution in [2.24, 2.45) is 15.7 Å². The molecule has 0 bridgehead atoms. The zero-order chi connectivity index (χ0) is 22.4. The van der Waals surface area contributed by atoms with Gasteiger partial charge in [0.25, 0.3) is 6.02 Å². The molecular weight excluding hydrogens is 416 g/mol. The van der Waals surface area contributed by atoms with Crippen LogP contribution in [-0.4, -0.2) is 29.1 Å². The molecule has 160 valence electrons. The maximum atomic E-state index is 14.9. The van der Waals surface area contributed by atoms with Crippen molar-refractivity contribution >= 4 is 17.5 Å². The molecule has 7 nitrogen and oxygen atoms in total. The van der Waals surface area contributed by atoms with E-state index in [4.69, 9.17) is 11.0 Å². The molecule has 3 N–H and O–H groups in total. The lowest BCUT2D eigenvalue weighted by atomic mass is 9.84. The summed E-state index contributed by atoms with van der Waals surface area (Å²) in [5.74, 6) is -0.319. The summed E-state index contributed by atoms with van der Waals surface area (Å²) in [6.07, 6.45) is -6.11. The van der Waals surface area contributed by atoms with Gasteiger partial charge in [0, 0.05) is 24.7 Å². The molecule has 0 amide bonds. The number of hydrogen-bond donors (Lipinski definition) is 2. The van der Waals surface area contributed by atoms with Gasteiger partial charge < -0.3 is 15.8 Å². The minimum absolute atomic E-state index is 0.0652. The third-order valence-corrected chi connectivity index (χ3v) is 5.13. The number of benzene rings is 1. The fourth-order valence-electron chi connectivity index (χ4n) is 3.56. The van der Waals surface area contributed by atoms with Crippen LogP contribution in [0.25, 0.3) is 0 Å². The van der Waals surface area contributed by atoms with E-state index >= 15 is 0 Å². The van der Waals surface area contributed by atoms with Gasteiger partial charge in [-0.25, -0.2) is 14.4 Å². The van der Waals surface area contributed by atoms with Crippen molar-refractivity contribution in [1.82, 2.24) is 10.3 Å². The topological polar surface area (TPSA) is 109 Å². The van der Waals surface area contributed by atoms with E-state index in [1.54, 1.807) is 12.1 Å². The number of rotatable bonds is 2. The number of hydrogen-bond acceptors (Lipinski definition) is 7. The maximum absolute atomic E-state index is 14.9. The molecule has 2 aliphatic heterocycles. The molecule has 31 heavy (non-hydrogen) atoms. The standard InChI is InChI=1S/C20H16F4N6O/c1-19(6-16(20(22,23)24)31-18(26)30-19)12-5-15-11(4-13(12)21)9-28-17(29-15)14-3-2-10(7-25)8-27-14/h2-5,8,16H,6,9H2,1H3,(H2,26,30)(H,28,29)/t16-,19-/m0/s1. The minimum atomic E-state index is -4.68. The number of pyridine rings is 1. The van der Waals surface area contributed by atoms with Gasteiger partial charge in [0.15, 0.2) is 11.9 Å². The molecule has 0 spiro atoms. The van der Waals surface area contributed by atoms with Crippen molar-refractivity contribution in [3.05, 3.63) is 58.7 Å². The van der Waals surface area contributed by atoms with Crippen molar-refractivity contribution in [2.45, 2.75) is 37.7 Å². The summed E-state index contributed by atoms with van der Waals surface area (Å²) in [4.78, 5) is 12.6. The minimum Gasteiger partial charge on any atom is -0.452 e. The Morgan fingerprint density at radius 3 is 2.74 bits per heavy atom. The highest BCUT2D eigenvalue weighted by Crippen LogP contribution is 2.42. The van der Waals surface area contributed by atoms with Gasteiger partial charge in [-0.1, -0.05) is 0 Å². The molecule has 0 radical (unpaired) electrons. The predicted molar refractivity (Wildman–Crippen MR) is 103 cm³/mol. The Hall–Kier alpha value is -3.68. The van der Waals surface area contributed by atoms with Crippen molar-refractivity contribution in [2.75, 3.05) is 0 Å². The van der Waals surface area contributed by atoms with E-state index in [-0.39, 0.29) is 12.1 Å². The monoisotopic (exact) mass is 432 g/mol. The van der Waals surface area contributed by atoms with Crippen LogP contribution in [0.5, 0.6) is 0 Å². The zero-order valence-electron chi connectivity index (χ0n) is 16.2. The summed E-state index contributed by atoms with van der Waals surface area (Å²) in [6.45, 7) is 1.61. The van der Waals surface area contributed by atoms with E-state index in [2.05, 4.69) is 25.0 Å². The Kier molecular flexibility index (Phi) is 4.80.